The molecule has 1 aromatic heterocycles. The highest BCUT2D eigenvalue weighted by Gasteiger charge is 2.09. The van der Waals surface area contributed by atoms with Gasteiger partial charge >= 0.3 is 5.97 Å². The van der Waals surface area contributed by atoms with Gasteiger partial charge in [0, 0.05) is 11.8 Å². The number of imidazole rings is 1. The molecular weight excluding hydrogens is 248 g/mol. The molecular formula is C13H14N2O4. The number of carbonyl (C=O) groups is 1. The van der Waals surface area contributed by atoms with E-state index in [4.69, 9.17) is 14.6 Å². The van der Waals surface area contributed by atoms with Crippen LogP contribution in [0.1, 0.15) is 0 Å². The molecule has 19 heavy (non-hydrogen) atoms. The molecule has 0 amide bonds. The summed E-state index contributed by atoms with van der Waals surface area (Å²) < 4.78 is 11.9. The number of hydrogen-bond donors (Lipinski definition) is 1. The Bertz CT molecular complexity index is 592. The molecule has 0 saturated heterocycles. The lowest BCUT2D eigenvalue weighted by atomic mass is 10.1. The minimum atomic E-state index is -0.906. The molecule has 0 aliphatic heterocycles. The minimum Gasteiger partial charge on any atom is -0.493 e. The van der Waals surface area contributed by atoms with E-state index in [1.54, 1.807) is 32.5 Å². The third-order valence-corrected chi connectivity index (χ3v) is 2.63. The Balaban J connectivity index is 2.31. The van der Waals surface area contributed by atoms with Crippen molar-refractivity contribution in [2.45, 2.75) is 6.54 Å². The van der Waals surface area contributed by atoms with Gasteiger partial charge in [0.1, 0.15) is 6.54 Å². The summed E-state index contributed by atoms with van der Waals surface area (Å²) >= 11 is 0. The summed E-state index contributed by atoms with van der Waals surface area (Å²) in [7, 11) is 3.13. The maximum atomic E-state index is 10.6. The van der Waals surface area contributed by atoms with E-state index in [1.165, 1.54) is 10.9 Å². The quantitative estimate of drug-likeness (QED) is 0.886. The first-order valence-electron chi connectivity index (χ1n) is 5.60. The maximum absolute atomic E-state index is 10.6. The molecule has 2 rings (SSSR count). The molecule has 0 aliphatic rings. The highest BCUT2D eigenvalue weighted by atomic mass is 16.5. The molecule has 0 spiro atoms. The second-order valence-electron chi connectivity index (χ2n) is 3.89. The van der Waals surface area contributed by atoms with Crippen molar-refractivity contribution in [2.24, 2.45) is 0 Å². The van der Waals surface area contributed by atoms with E-state index in [0.29, 0.717) is 17.2 Å². The minimum absolute atomic E-state index is 0.111. The SMILES string of the molecule is COc1ccc(-c2cn(CC(=O)O)cn2)cc1OC. The molecule has 0 unspecified atom stereocenters. The number of aromatic nitrogens is 2. The van der Waals surface area contributed by atoms with Crippen molar-refractivity contribution in [3.63, 3.8) is 0 Å². The van der Waals surface area contributed by atoms with Gasteiger partial charge in [0.25, 0.3) is 0 Å². The first-order chi connectivity index (χ1) is 9.13. The van der Waals surface area contributed by atoms with Crippen LogP contribution in [-0.2, 0) is 11.3 Å². The number of aliphatic carboxylic acids is 1. The molecule has 0 bridgehead atoms. The van der Waals surface area contributed by atoms with Gasteiger partial charge in [0.05, 0.1) is 26.2 Å². The zero-order valence-electron chi connectivity index (χ0n) is 10.7. The van der Waals surface area contributed by atoms with Crippen LogP contribution in [0.25, 0.3) is 11.3 Å². The Morgan fingerprint density at radius 1 is 1.32 bits per heavy atom. The van der Waals surface area contributed by atoms with Crippen molar-refractivity contribution in [1.29, 1.82) is 0 Å². The second-order valence-corrected chi connectivity index (χ2v) is 3.89. The van der Waals surface area contributed by atoms with Crippen LogP contribution in [0.5, 0.6) is 11.5 Å². The molecule has 0 radical (unpaired) electrons. The summed E-state index contributed by atoms with van der Waals surface area (Å²) in [6.45, 7) is -0.111. The number of hydrogen-bond acceptors (Lipinski definition) is 4. The third kappa shape index (κ3) is 2.85. The van der Waals surface area contributed by atoms with Crippen LogP contribution in [0.15, 0.2) is 30.7 Å². The van der Waals surface area contributed by atoms with Crippen LogP contribution >= 0.6 is 0 Å². The Hall–Kier alpha value is -2.50. The fourth-order valence-corrected chi connectivity index (χ4v) is 1.75. The van der Waals surface area contributed by atoms with E-state index in [9.17, 15) is 4.79 Å². The van der Waals surface area contributed by atoms with Crippen molar-refractivity contribution in [3.8, 4) is 22.8 Å². The summed E-state index contributed by atoms with van der Waals surface area (Å²) in [5.74, 6) is 0.334. The van der Waals surface area contributed by atoms with Crippen LogP contribution in [0.4, 0.5) is 0 Å². The molecule has 2 aromatic rings. The number of methoxy groups -OCH3 is 2. The molecule has 6 heteroatoms. The summed E-state index contributed by atoms with van der Waals surface area (Å²) in [6, 6.07) is 5.42. The van der Waals surface area contributed by atoms with Crippen LogP contribution in [0.2, 0.25) is 0 Å². The Labute approximate surface area is 110 Å². The van der Waals surface area contributed by atoms with Crippen LogP contribution in [0, 0.1) is 0 Å². The van der Waals surface area contributed by atoms with Gasteiger partial charge in [-0.2, -0.15) is 0 Å². The number of benzene rings is 1. The number of rotatable bonds is 5. The van der Waals surface area contributed by atoms with Crippen molar-refractivity contribution in [2.75, 3.05) is 14.2 Å². The normalized spacial score (nSPS) is 10.2. The van der Waals surface area contributed by atoms with Crippen LogP contribution < -0.4 is 9.47 Å². The van der Waals surface area contributed by atoms with Crippen LogP contribution in [-0.4, -0.2) is 34.8 Å². The van der Waals surface area contributed by atoms with E-state index in [0.717, 1.165) is 5.56 Å². The average molecular weight is 262 g/mol. The van der Waals surface area contributed by atoms with E-state index in [2.05, 4.69) is 4.98 Å². The largest absolute Gasteiger partial charge is 0.493 e. The number of carboxylic acid groups (broad SMARTS) is 1. The van der Waals surface area contributed by atoms with Crippen molar-refractivity contribution in [1.82, 2.24) is 9.55 Å². The lowest BCUT2D eigenvalue weighted by molar-refractivity contribution is -0.137. The fourth-order valence-electron chi connectivity index (χ4n) is 1.75. The molecule has 6 nitrogen and oxygen atoms in total. The molecule has 100 valence electrons. The molecule has 0 atom stereocenters. The van der Waals surface area contributed by atoms with E-state index >= 15 is 0 Å². The predicted molar refractivity (Wildman–Crippen MR) is 68.4 cm³/mol. The smallest absolute Gasteiger partial charge is 0.323 e. The molecule has 0 fully saturated rings. The van der Waals surface area contributed by atoms with Gasteiger partial charge in [-0.1, -0.05) is 0 Å². The van der Waals surface area contributed by atoms with E-state index < -0.39 is 5.97 Å². The topological polar surface area (TPSA) is 73.6 Å². The highest BCUT2D eigenvalue weighted by Crippen LogP contribution is 2.31. The van der Waals surface area contributed by atoms with Gasteiger partial charge in [-0.05, 0) is 18.2 Å². The van der Waals surface area contributed by atoms with Crippen molar-refractivity contribution < 1.29 is 19.4 Å². The highest BCUT2D eigenvalue weighted by molar-refractivity contribution is 5.67. The summed E-state index contributed by atoms with van der Waals surface area (Å²) in [5, 5.41) is 8.71. The Morgan fingerprint density at radius 3 is 2.68 bits per heavy atom. The van der Waals surface area contributed by atoms with Gasteiger partial charge in [0.2, 0.25) is 0 Å². The lowest BCUT2D eigenvalue weighted by Crippen LogP contribution is -2.06. The molecule has 1 N–H and O–H groups in total. The number of carboxylic acids is 1. The van der Waals surface area contributed by atoms with Gasteiger partial charge in [-0.25, -0.2) is 4.98 Å². The van der Waals surface area contributed by atoms with Gasteiger partial charge in [-0.3, -0.25) is 4.79 Å². The first kappa shape index (κ1) is 12.9. The molecule has 1 aromatic carbocycles. The van der Waals surface area contributed by atoms with E-state index in [1.807, 2.05) is 6.07 Å². The predicted octanol–water partition coefficient (Wildman–Crippen LogP) is 1.65. The second kappa shape index (κ2) is 5.43. The molecule has 1 heterocycles. The Morgan fingerprint density at radius 2 is 2.05 bits per heavy atom. The maximum Gasteiger partial charge on any atom is 0.323 e. The number of ether oxygens (including phenoxy) is 2. The monoisotopic (exact) mass is 262 g/mol. The fraction of sp³-hybridized carbons (Fsp3) is 0.231. The summed E-state index contributed by atoms with van der Waals surface area (Å²) in [4.78, 5) is 14.8. The zero-order valence-corrected chi connectivity index (χ0v) is 10.7. The standard InChI is InChI=1S/C13H14N2O4/c1-18-11-4-3-9(5-12(11)19-2)10-6-15(8-14-10)7-13(16)17/h3-6,8H,7H2,1-2H3,(H,16,17). The van der Waals surface area contributed by atoms with Crippen LogP contribution in [0.3, 0.4) is 0 Å². The summed E-state index contributed by atoms with van der Waals surface area (Å²) in [6.07, 6.45) is 3.16. The van der Waals surface area contributed by atoms with Crippen molar-refractivity contribution >= 4 is 5.97 Å². The Kier molecular flexibility index (Phi) is 3.70. The van der Waals surface area contributed by atoms with E-state index in [-0.39, 0.29) is 6.54 Å². The van der Waals surface area contributed by atoms with Gasteiger partial charge in [0.15, 0.2) is 11.5 Å². The van der Waals surface area contributed by atoms with Gasteiger partial charge < -0.3 is 19.1 Å². The third-order valence-electron chi connectivity index (χ3n) is 2.63. The van der Waals surface area contributed by atoms with Gasteiger partial charge in [-0.15, -0.1) is 0 Å². The number of nitrogens with zero attached hydrogens (tertiary/aromatic N) is 2. The molecule has 0 aliphatic carbocycles. The molecule has 0 saturated carbocycles. The lowest BCUT2D eigenvalue weighted by Gasteiger charge is -2.08. The first-order valence-corrected chi connectivity index (χ1v) is 5.60. The summed E-state index contributed by atoms with van der Waals surface area (Å²) in [5.41, 5.74) is 1.52. The average Bonchev–Trinajstić information content (AvgIpc) is 2.85. The van der Waals surface area contributed by atoms with Crippen molar-refractivity contribution in [3.05, 3.63) is 30.7 Å². The zero-order chi connectivity index (χ0) is 13.8.